The first-order chi connectivity index (χ1) is 7.43. The van der Waals surface area contributed by atoms with E-state index in [0.717, 1.165) is 6.42 Å². The number of cyclic esters (lactones) is 4. The van der Waals surface area contributed by atoms with Crippen LogP contribution in [-0.4, -0.2) is 37.2 Å². The fraction of sp³-hybridized carbons (Fsp3) is 0.800. The molecule has 16 heavy (non-hydrogen) atoms. The number of hydrogen-bond donors (Lipinski definition) is 0. The van der Waals surface area contributed by atoms with Crippen LogP contribution in [0.15, 0.2) is 0 Å². The summed E-state index contributed by atoms with van der Waals surface area (Å²) in [5, 5.41) is 0. The van der Waals surface area contributed by atoms with Crippen molar-refractivity contribution in [1.82, 2.24) is 0 Å². The van der Waals surface area contributed by atoms with Gasteiger partial charge in [0, 0.05) is 0 Å². The third-order valence-electron chi connectivity index (χ3n) is 2.00. The van der Waals surface area contributed by atoms with Gasteiger partial charge in [-0.1, -0.05) is 6.92 Å². The highest BCUT2D eigenvalue weighted by Crippen LogP contribution is 2.17. The van der Waals surface area contributed by atoms with Gasteiger partial charge < -0.3 is 18.9 Å². The molecule has 1 unspecified atom stereocenters. The minimum Gasteiger partial charge on any atom is -0.430 e. The first-order valence-electron chi connectivity index (χ1n) is 5.12. The van der Waals surface area contributed by atoms with Gasteiger partial charge in [-0.05, 0) is 20.3 Å². The molecular weight excluding hydrogens is 216 g/mol. The molecule has 0 saturated carbocycles. The summed E-state index contributed by atoms with van der Waals surface area (Å²) in [6.07, 6.45) is -0.250. The number of hydrogen-bond acceptors (Lipinski definition) is 6. The molecule has 2 fully saturated rings. The van der Waals surface area contributed by atoms with Gasteiger partial charge in [0.2, 0.25) is 0 Å². The number of ether oxygens (including phenoxy) is 4. The maximum Gasteiger partial charge on any atom is 0.509 e. The van der Waals surface area contributed by atoms with Crippen molar-refractivity contribution in [3.05, 3.63) is 0 Å². The Balaban J connectivity index is 0.000000160. The summed E-state index contributed by atoms with van der Waals surface area (Å²) in [4.78, 5) is 20.4. The van der Waals surface area contributed by atoms with Crippen LogP contribution in [0.1, 0.15) is 27.2 Å². The molecule has 2 heterocycles. The fourth-order valence-corrected chi connectivity index (χ4v) is 1.08. The van der Waals surface area contributed by atoms with Crippen molar-refractivity contribution in [2.45, 2.75) is 38.9 Å². The Labute approximate surface area is 93.8 Å². The summed E-state index contributed by atoms with van der Waals surface area (Å²) in [5.74, 6) is 0. The normalized spacial score (nSPS) is 25.8. The van der Waals surface area contributed by atoms with Crippen LogP contribution in [0.5, 0.6) is 0 Å². The van der Waals surface area contributed by atoms with Gasteiger partial charge >= 0.3 is 12.3 Å². The van der Waals surface area contributed by atoms with Crippen LogP contribution in [0.3, 0.4) is 0 Å². The van der Waals surface area contributed by atoms with Gasteiger partial charge in [-0.3, -0.25) is 0 Å². The SMILES string of the molecule is CC1(C)COC(=O)O1.CCC1COC(=O)O1. The molecule has 1 atom stereocenters. The summed E-state index contributed by atoms with van der Waals surface area (Å²) in [6, 6.07) is 0. The quantitative estimate of drug-likeness (QED) is 0.642. The smallest absolute Gasteiger partial charge is 0.430 e. The summed E-state index contributed by atoms with van der Waals surface area (Å²) in [6.45, 7) is 6.35. The predicted octanol–water partition coefficient (Wildman–Crippen LogP) is 1.86. The molecule has 0 aromatic heterocycles. The largest absolute Gasteiger partial charge is 0.509 e. The standard InChI is InChI=1S/2C5H8O3/c1-5(2)3-7-4(6)8-5;1-2-4-3-7-5(6)8-4/h3H2,1-2H3;4H,2-3H2,1H3. The van der Waals surface area contributed by atoms with Gasteiger partial charge in [0.15, 0.2) is 0 Å². The van der Waals surface area contributed by atoms with E-state index in [1.54, 1.807) is 13.8 Å². The van der Waals surface area contributed by atoms with E-state index in [0.29, 0.717) is 13.2 Å². The van der Waals surface area contributed by atoms with E-state index in [9.17, 15) is 9.59 Å². The maximum atomic E-state index is 10.2. The van der Waals surface area contributed by atoms with Crippen molar-refractivity contribution >= 4 is 12.3 Å². The van der Waals surface area contributed by atoms with E-state index in [-0.39, 0.29) is 6.10 Å². The second-order valence-electron chi connectivity index (χ2n) is 4.11. The monoisotopic (exact) mass is 232 g/mol. The van der Waals surface area contributed by atoms with Crippen LogP contribution < -0.4 is 0 Å². The lowest BCUT2D eigenvalue weighted by molar-refractivity contribution is 0.0838. The molecule has 0 amide bonds. The summed E-state index contributed by atoms with van der Waals surface area (Å²) in [7, 11) is 0. The van der Waals surface area contributed by atoms with Gasteiger partial charge in [0.05, 0.1) is 0 Å². The van der Waals surface area contributed by atoms with Gasteiger partial charge in [0.1, 0.15) is 24.9 Å². The van der Waals surface area contributed by atoms with Gasteiger partial charge in [-0.25, -0.2) is 9.59 Å². The Kier molecular flexibility index (Phi) is 3.98. The minimum atomic E-state index is -0.560. The van der Waals surface area contributed by atoms with E-state index in [4.69, 9.17) is 0 Å². The second kappa shape index (κ2) is 5.05. The van der Waals surface area contributed by atoms with Crippen LogP contribution in [0, 0.1) is 0 Å². The molecule has 0 spiro atoms. The highest BCUT2D eigenvalue weighted by atomic mass is 16.8. The number of rotatable bonds is 1. The van der Waals surface area contributed by atoms with E-state index in [1.165, 1.54) is 0 Å². The Morgan fingerprint density at radius 3 is 2.12 bits per heavy atom. The van der Waals surface area contributed by atoms with Gasteiger partial charge in [0.25, 0.3) is 0 Å². The second-order valence-corrected chi connectivity index (χ2v) is 4.11. The van der Waals surface area contributed by atoms with Crippen molar-refractivity contribution in [1.29, 1.82) is 0 Å². The van der Waals surface area contributed by atoms with Crippen LogP contribution >= 0.6 is 0 Å². The summed E-state index contributed by atoms with van der Waals surface area (Å²) < 4.78 is 18.3. The molecule has 0 aromatic rings. The van der Waals surface area contributed by atoms with Crippen LogP contribution in [0.2, 0.25) is 0 Å². The Bertz CT molecular complexity index is 272. The molecule has 6 nitrogen and oxygen atoms in total. The van der Waals surface area contributed by atoms with Crippen molar-refractivity contribution in [3.8, 4) is 0 Å². The lowest BCUT2D eigenvalue weighted by Gasteiger charge is -2.09. The van der Waals surface area contributed by atoms with Crippen molar-refractivity contribution < 1.29 is 28.5 Å². The molecule has 2 saturated heterocycles. The molecule has 0 aliphatic carbocycles. The number of carbonyl (C=O) groups excluding carboxylic acids is 2. The Morgan fingerprint density at radius 1 is 1.25 bits per heavy atom. The zero-order valence-corrected chi connectivity index (χ0v) is 9.65. The molecule has 2 rings (SSSR count). The first kappa shape index (κ1) is 12.6. The highest BCUT2D eigenvalue weighted by Gasteiger charge is 2.32. The summed E-state index contributed by atoms with van der Waals surface area (Å²) in [5.41, 5.74) is -0.406. The van der Waals surface area contributed by atoms with Crippen molar-refractivity contribution in [2.24, 2.45) is 0 Å². The van der Waals surface area contributed by atoms with Crippen molar-refractivity contribution in [2.75, 3.05) is 13.2 Å². The summed E-state index contributed by atoms with van der Waals surface area (Å²) >= 11 is 0. The average Bonchev–Trinajstić information content (AvgIpc) is 2.73. The Morgan fingerprint density at radius 2 is 1.94 bits per heavy atom. The topological polar surface area (TPSA) is 71.1 Å². The molecule has 0 bridgehead atoms. The third-order valence-corrected chi connectivity index (χ3v) is 2.00. The zero-order chi connectivity index (χ0) is 12.2. The van der Waals surface area contributed by atoms with Crippen molar-refractivity contribution in [3.63, 3.8) is 0 Å². The Hall–Kier alpha value is -1.46. The van der Waals surface area contributed by atoms with E-state index in [1.807, 2.05) is 6.92 Å². The predicted molar refractivity (Wildman–Crippen MR) is 53.0 cm³/mol. The molecular formula is C10H16O6. The zero-order valence-electron chi connectivity index (χ0n) is 9.65. The van der Waals surface area contributed by atoms with E-state index in [2.05, 4.69) is 18.9 Å². The molecule has 6 heteroatoms. The number of carbonyl (C=O) groups is 2. The van der Waals surface area contributed by atoms with Crippen LogP contribution in [0.4, 0.5) is 9.59 Å². The molecule has 2 aliphatic rings. The highest BCUT2D eigenvalue weighted by molar-refractivity contribution is 5.62. The third kappa shape index (κ3) is 3.96. The first-order valence-corrected chi connectivity index (χ1v) is 5.12. The van der Waals surface area contributed by atoms with Gasteiger partial charge in [-0.15, -0.1) is 0 Å². The van der Waals surface area contributed by atoms with Crippen LogP contribution in [-0.2, 0) is 18.9 Å². The van der Waals surface area contributed by atoms with E-state index < -0.39 is 17.9 Å². The molecule has 0 aromatic carbocycles. The molecule has 0 radical (unpaired) electrons. The average molecular weight is 232 g/mol. The molecule has 2 aliphatic heterocycles. The van der Waals surface area contributed by atoms with E-state index >= 15 is 0 Å². The maximum absolute atomic E-state index is 10.2. The lowest BCUT2D eigenvalue weighted by Crippen LogP contribution is -2.21. The molecule has 92 valence electrons. The van der Waals surface area contributed by atoms with Gasteiger partial charge in [-0.2, -0.15) is 0 Å². The lowest BCUT2D eigenvalue weighted by atomic mass is 10.2. The van der Waals surface area contributed by atoms with Crippen LogP contribution in [0.25, 0.3) is 0 Å². The molecule has 0 N–H and O–H groups in total. The minimum absolute atomic E-state index is 0.00231. The fourth-order valence-electron chi connectivity index (χ4n) is 1.08.